The summed E-state index contributed by atoms with van der Waals surface area (Å²) in [7, 11) is 0. The molecule has 9 nitrogen and oxygen atoms in total. The van der Waals surface area contributed by atoms with E-state index in [0.29, 0.717) is 34.4 Å². The van der Waals surface area contributed by atoms with Gasteiger partial charge in [-0.3, -0.25) is 0 Å². The van der Waals surface area contributed by atoms with Crippen LogP contribution in [0.5, 0.6) is 0 Å². The minimum absolute atomic E-state index is 0.0459. The fourth-order valence-electron chi connectivity index (χ4n) is 3.19. The van der Waals surface area contributed by atoms with Crippen LogP contribution in [0.2, 0.25) is 0 Å². The lowest BCUT2D eigenvalue weighted by Gasteiger charge is -2.15. The molecule has 1 aromatic heterocycles. The van der Waals surface area contributed by atoms with Gasteiger partial charge in [-0.05, 0) is 55.9 Å². The highest BCUT2D eigenvalue weighted by Crippen LogP contribution is 2.01. The van der Waals surface area contributed by atoms with Crippen molar-refractivity contribution in [2.45, 2.75) is 98.2 Å². The first-order valence-electron chi connectivity index (χ1n) is 12.7. The van der Waals surface area contributed by atoms with Crippen molar-refractivity contribution < 1.29 is 14.2 Å². The van der Waals surface area contributed by atoms with Gasteiger partial charge in [0.25, 0.3) is 0 Å². The molecule has 0 fully saturated rings. The molecular formula is C24H39N3O6S3. The van der Waals surface area contributed by atoms with Gasteiger partial charge >= 0.3 is 17.1 Å². The van der Waals surface area contributed by atoms with Crippen LogP contribution in [0.15, 0.2) is 14.4 Å². The van der Waals surface area contributed by atoms with Crippen molar-refractivity contribution in [3.05, 3.63) is 31.5 Å². The largest absolute Gasteiger partial charge is 0.485 e. The van der Waals surface area contributed by atoms with Gasteiger partial charge in [-0.15, -0.1) is 0 Å². The van der Waals surface area contributed by atoms with Gasteiger partial charge in [0, 0.05) is 19.3 Å². The Morgan fingerprint density at radius 2 is 0.806 bits per heavy atom. The first-order valence-corrected chi connectivity index (χ1v) is 13.9. The molecule has 0 bridgehead atoms. The maximum absolute atomic E-state index is 13.0. The average molecular weight is 562 g/mol. The number of hydrogen-bond donors (Lipinski definition) is 0. The van der Waals surface area contributed by atoms with E-state index in [2.05, 4.69) is 0 Å². The van der Waals surface area contributed by atoms with Crippen LogP contribution in [0.25, 0.3) is 0 Å². The van der Waals surface area contributed by atoms with E-state index in [-0.39, 0.29) is 39.5 Å². The van der Waals surface area contributed by atoms with Crippen LogP contribution in [0.3, 0.4) is 0 Å². The van der Waals surface area contributed by atoms with Gasteiger partial charge in [0.15, 0.2) is 15.2 Å². The van der Waals surface area contributed by atoms with E-state index in [4.69, 9.17) is 50.9 Å². The lowest BCUT2D eigenvalue weighted by molar-refractivity contribution is 0.248. The van der Waals surface area contributed by atoms with Crippen molar-refractivity contribution in [3.8, 4) is 0 Å². The predicted octanol–water partition coefficient (Wildman–Crippen LogP) is 3.77. The zero-order valence-electron chi connectivity index (χ0n) is 21.6. The second kappa shape index (κ2) is 18.3. The first kappa shape index (κ1) is 32.1. The Labute approximate surface area is 228 Å². The fourth-order valence-corrected chi connectivity index (χ4v) is 3.87. The topological polar surface area (TPSA) is 93.7 Å². The number of hydrogen-bond acceptors (Lipinski definition) is 9. The number of nitrogens with zero attached hydrogens (tertiary/aromatic N) is 3. The molecule has 36 heavy (non-hydrogen) atoms. The van der Waals surface area contributed by atoms with E-state index in [9.17, 15) is 14.4 Å². The quantitative estimate of drug-likeness (QED) is 0.248. The number of thiocarbonyl (C=S) groups is 3. The molecule has 0 saturated heterocycles. The van der Waals surface area contributed by atoms with Crippen LogP contribution in [-0.2, 0) is 33.8 Å². The molecule has 0 aliphatic heterocycles. The van der Waals surface area contributed by atoms with Gasteiger partial charge in [0.05, 0.1) is 19.6 Å². The van der Waals surface area contributed by atoms with Crippen LogP contribution in [0.1, 0.15) is 78.6 Å². The standard InChI is InChI=1S/C24H39N3O6S3/c1-4-7-10-19(34)31-16-13-25-22(28)26(14-17-32-20(35)11-8-5-2)24(30)27(23(25)29)15-18-33-21(36)12-9-6-3/h4-18H2,1-3H3. The van der Waals surface area contributed by atoms with Gasteiger partial charge < -0.3 is 14.2 Å². The minimum atomic E-state index is -0.730. The first-order chi connectivity index (χ1) is 17.3. The molecule has 12 heteroatoms. The predicted molar refractivity (Wildman–Crippen MR) is 153 cm³/mol. The molecule has 0 aromatic carbocycles. The van der Waals surface area contributed by atoms with E-state index in [1.165, 1.54) is 0 Å². The summed E-state index contributed by atoms with van der Waals surface area (Å²) in [6.45, 7) is 6.15. The Morgan fingerprint density at radius 1 is 0.556 bits per heavy atom. The smallest absolute Gasteiger partial charge is 0.336 e. The van der Waals surface area contributed by atoms with Crippen molar-refractivity contribution in [1.82, 2.24) is 13.7 Å². The Balaban J connectivity index is 3.07. The van der Waals surface area contributed by atoms with Crippen LogP contribution >= 0.6 is 36.7 Å². The van der Waals surface area contributed by atoms with E-state index < -0.39 is 17.1 Å². The van der Waals surface area contributed by atoms with Crippen molar-refractivity contribution in [2.24, 2.45) is 0 Å². The molecule has 0 spiro atoms. The highest BCUT2D eigenvalue weighted by atomic mass is 32.1. The number of aromatic nitrogens is 3. The summed E-state index contributed by atoms with van der Waals surface area (Å²) in [5.74, 6) is 0. The molecule has 1 rings (SSSR count). The molecule has 0 atom stereocenters. The maximum Gasteiger partial charge on any atom is 0.336 e. The third-order valence-electron chi connectivity index (χ3n) is 5.32. The maximum atomic E-state index is 13.0. The Kier molecular flexibility index (Phi) is 16.4. The van der Waals surface area contributed by atoms with Crippen molar-refractivity contribution in [1.29, 1.82) is 0 Å². The van der Waals surface area contributed by atoms with E-state index in [1.54, 1.807) is 0 Å². The van der Waals surface area contributed by atoms with Crippen LogP contribution < -0.4 is 17.1 Å². The molecular weight excluding hydrogens is 522 g/mol. The van der Waals surface area contributed by atoms with Gasteiger partial charge in [0.1, 0.15) is 19.8 Å². The zero-order chi connectivity index (χ0) is 26.9. The molecule has 1 heterocycles. The monoisotopic (exact) mass is 561 g/mol. The van der Waals surface area contributed by atoms with Gasteiger partial charge in [-0.25, -0.2) is 28.1 Å². The molecule has 0 N–H and O–H groups in total. The molecule has 0 amide bonds. The van der Waals surface area contributed by atoms with E-state index in [1.807, 2.05) is 20.8 Å². The van der Waals surface area contributed by atoms with E-state index >= 15 is 0 Å². The molecule has 0 radical (unpaired) electrons. The molecule has 0 aliphatic carbocycles. The summed E-state index contributed by atoms with van der Waals surface area (Å²) in [5.41, 5.74) is -2.19. The molecule has 1 aromatic rings. The summed E-state index contributed by atoms with van der Waals surface area (Å²) in [6.07, 6.45) is 7.54. The normalized spacial score (nSPS) is 10.8. The third kappa shape index (κ3) is 11.4. The Morgan fingerprint density at radius 3 is 1.03 bits per heavy atom. The van der Waals surface area contributed by atoms with Crippen molar-refractivity contribution in [2.75, 3.05) is 19.8 Å². The van der Waals surface area contributed by atoms with Crippen molar-refractivity contribution >= 4 is 51.8 Å². The SMILES string of the molecule is CCCCC(=S)OCCn1c(=O)n(CCOC(=S)CCCC)c(=O)n(CCOC(=S)CCCC)c1=O. The lowest BCUT2D eigenvalue weighted by Crippen LogP contribution is -2.55. The molecule has 0 aliphatic rings. The molecule has 0 unspecified atom stereocenters. The van der Waals surface area contributed by atoms with Gasteiger partial charge in [-0.1, -0.05) is 40.0 Å². The summed E-state index contributed by atoms with van der Waals surface area (Å²) in [5, 5.41) is 1.30. The van der Waals surface area contributed by atoms with E-state index in [0.717, 1.165) is 52.2 Å². The van der Waals surface area contributed by atoms with Gasteiger partial charge in [0.2, 0.25) is 0 Å². The lowest BCUT2D eigenvalue weighted by atomic mass is 10.3. The van der Waals surface area contributed by atoms with Crippen LogP contribution in [0.4, 0.5) is 0 Å². The zero-order valence-corrected chi connectivity index (χ0v) is 24.1. The average Bonchev–Trinajstić information content (AvgIpc) is 2.86. The highest BCUT2D eigenvalue weighted by molar-refractivity contribution is 7.80. The van der Waals surface area contributed by atoms with Crippen LogP contribution in [0, 0.1) is 0 Å². The third-order valence-corrected chi connectivity index (χ3v) is 6.29. The minimum Gasteiger partial charge on any atom is -0.485 e. The summed E-state index contributed by atoms with van der Waals surface area (Å²) >= 11 is 15.6. The summed E-state index contributed by atoms with van der Waals surface area (Å²) < 4.78 is 19.5. The Hall–Kier alpha value is -1.92. The molecule has 0 saturated carbocycles. The second-order valence-electron chi connectivity index (χ2n) is 8.27. The van der Waals surface area contributed by atoms with Crippen LogP contribution in [-0.4, -0.2) is 48.7 Å². The second-order valence-corrected chi connectivity index (χ2v) is 9.64. The molecule has 204 valence electrons. The van der Waals surface area contributed by atoms with Gasteiger partial charge in [-0.2, -0.15) is 0 Å². The highest BCUT2D eigenvalue weighted by Gasteiger charge is 2.16. The summed E-state index contributed by atoms with van der Waals surface area (Å²) in [4.78, 5) is 39.1. The number of ether oxygens (including phenoxy) is 3. The Bertz CT molecular complexity index is 873. The number of rotatable bonds is 18. The summed E-state index contributed by atoms with van der Waals surface area (Å²) in [6, 6.07) is 0. The fraction of sp³-hybridized carbons (Fsp3) is 0.750. The van der Waals surface area contributed by atoms with Crippen molar-refractivity contribution in [3.63, 3.8) is 0 Å². The number of unbranched alkanes of at least 4 members (excludes halogenated alkanes) is 3.